The Kier molecular flexibility index (Phi) is 8.87. The van der Waals surface area contributed by atoms with E-state index in [1.54, 1.807) is 12.0 Å². The summed E-state index contributed by atoms with van der Waals surface area (Å²) >= 11 is 9.85. The Morgan fingerprint density at radius 2 is 1.81 bits per heavy atom. The Bertz CT molecular complexity index is 815. The summed E-state index contributed by atoms with van der Waals surface area (Å²) in [6.07, 6.45) is 1.20. The van der Waals surface area contributed by atoms with E-state index in [1.165, 1.54) is 0 Å². The fourth-order valence-corrected chi connectivity index (χ4v) is 4.81. The van der Waals surface area contributed by atoms with Gasteiger partial charge in [-0.1, -0.05) is 11.6 Å². The van der Waals surface area contributed by atoms with Gasteiger partial charge in [-0.3, -0.25) is 0 Å². The molecule has 6 nitrogen and oxygen atoms in total. The van der Waals surface area contributed by atoms with Gasteiger partial charge in [0.1, 0.15) is 11.4 Å². The highest BCUT2D eigenvalue weighted by molar-refractivity contribution is 9.10. The summed E-state index contributed by atoms with van der Waals surface area (Å²) in [6.45, 7) is 12.5. The third kappa shape index (κ3) is 7.34. The molecule has 1 amide bonds. The molecule has 1 aliphatic heterocycles. The number of nitrogens with one attached hydrogen (secondary N) is 1. The Morgan fingerprint density at radius 3 is 2.29 bits per heavy atom. The maximum absolute atomic E-state index is 13.0. The first kappa shape index (κ1) is 26.4. The van der Waals surface area contributed by atoms with Crippen LogP contribution in [0.15, 0.2) is 16.6 Å². The number of halogens is 2. The highest BCUT2D eigenvalue weighted by Crippen LogP contribution is 2.40. The Morgan fingerprint density at radius 1 is 1.23 bits per heavy atom. The molecule has 0 unspecified atom stereocenters. The van der Waals surface area contributed by atoms with Crippen LogP contribution < -0.4 is 9.46 Å². The van der Waals surface area contributed by atoms with E-state index < -0.39 is 21.3 Å². The van der Waals surface area contributed by atoms with Gasteiger partial charge < -0.3 is 14.4 Å². The number of carbonyl (C=O) groups is 1. The molecule has 0 radical (unpaired) electrons. The molecule has 2 atom stereocenters. The summed E-state index contributed by atoms with van der Waals surface area (Å²) in [5.41, 5.74) is 0.340. The number of rotatable bonds is 5. The number of ether oxygens (including phenoxy) is 2. The monoisotopic (exact) mass is 536 g/mol. The molecule has 1 fully saturated rings. The van der Waals surface area contributed by atoms with Crippen molar-refractivity contribution in [3.05, 3.63) is 27.2 Å². The lowest BCUT2D eigenvalue weighted by molar-refractivity contribution is 0.0171. The second-order valence-corrected chi connectivity index (χ2v) is 13.0. The molecule has 0 spiro atoms. The lowest BCUT2D eigenvalue weighted by Gasteiger charge is -2.38. The van der Waals surface area contributed by atoms with E-state index in [4.69, 9.17) is 21.1 Å². The highest BCUT2D eigenvalue weighted by Gasteiger charge is 2.35. The Hall–Kier alpha value is -0.830. The van der Waals surface area contributed by atoms with Gasteiger partial charge in [-0.05, 0) is 88.4 Å². The summed E-state index contributed by atoms with van der Waals surface area (Å²) in [7, 11) is 0.325. The van der Waals surface area contributed by atoms with Crippen LogP contribution in [-0.4, -0.2) is 45.7 Å². The molecule has 1 saturated heterocycles. The van der Waals surface area contributed by atoms with E-state index in [-0.39, 0.29) is 18.1 Å². The minimum Gasteiger partial charge on any atom is -0.496 e. The van der Waals surface area contributed by atoms with Crippen LogP contribution in [0, 0.1) is 5.92 Å². The molecule has 176 valence electrons. The minimum absolute atomic E-state index is 0.149. The average Bonchev–Trinajstić information content (AvgIpc) is 2.66. The van der Waals surface area contributed by atoms with Crippen molar-refractivity contribution in [2.24, 2.45) is 5.92 Å². The van der Waals surface area contributed by atoms with Crippen LogP contribution in [-0.2, 0) is 15.7 Å². The number of amides is 1. The molecule has 0 aromatic heterocycles. The van der Waals surface area contributed by atoms with E-state index >= 15 is 0 Å². The first-order valence-corrected chi connectivity index (χ1v) is 12.7. The molecular weight excluding hydrogens is 504 g/mol. The summed E-state index contributed by atoms with van der Waals surface area (Å²) < 4.78 is 27.8. The maximum atomic E-state index is 13.0. The van der Waals surface area contributed by atoms with Crippen molar-refractivity contribution >= 4 is 44.6 Å². The van der Waals surface area contributed by atoms with Gasteiger partial charge in [0.05, 0.1) is 33.9 Å². The number of hydrogen-bond acceptors (Lipinski definition) is 4. The molecule has 31 heavy (non-hydrogen) atoms. The van der Waals surface area contributed by atoms with Crippen molar-refractivity contribution in [1.82, 2.24) is 9.62 Å². The standard InChI is InChI=1S/C22H34BrClN2O4S/c1-21(2,3)30-20(27)26-10-8-14(9-11-26)19(25-31(28)22(4,5)6)15-12-17(24)16(23)13-18(15)29-7/h12-14,19,25H,8-11H2,1-7H3/t19-,31+/m1/s1. The molecule has 1 N–H and O–H groups in total. The molecule has 1 heterocycles. The van der Waals surface area contributed by atoms with Crippen LogP contribution in [0.3, 0.4) is 0 Å². The van der Waals surface area contributed by atoms with Crippen LogP contribution in [0.25, 0.3) is 0 Å². The zero-order chi connectivity index (χ0) is 23.6. The number of carbonyl (C=O) groups excluding carboxylic acids is 1. The van der Waals surface area contributed by atoms with Crippen LogP contribution in [0.2, 0.25) is 5.02 Å². The number of benzene rings is 1. The second kappa shape index (κ2) is 10.4. The molecule has 1 aliphatic rings. The lowest BCUT2D eigenvalue weighted by Crippen LogP contribution is -2.45. The Labute approximate surface area is 202 Å². The van der Waals surface area contributed by atoms with Crippen LogP contribution in [0.1, 0.15) is 66.0 Å². The normalized spacial score (nSPS) is 17.9. The fraction of sp³-hybridized carbons (Fsp3) is 0.682. The fourth-order valence-electron chi connectivity index (χ4n) is 3.41. The quantitative estimate of drug-likeness (QED) is 0.511. The van der Waals surface area contributed by atoms with Crippen molar-refractivity contribution in [3.63, 3.8) is 0 Å². The number of methoxy groups -OCH3 is 1. The van der Waals surface area contributed by atoms with E-state index in [0.29, 0.717) is 23.9 Å². The topological polar surface area (TPSA) is 67.9 Å². The molecule has 0 aliphatic carbocycles. The second-order valence-electron chi connectivity index (χ2n) is 9.79. The van der Waals surface area contributed by atoms with Crippen LogP contribution in [0.4, 0.5) is 4.79 Å². The molecule has 1 aromatic rings. The third-order valence-corrected chi connectivity index (χ3v) is 7.84. The van der Waals surface area contributed by atoms with Gasteiger partial charge in [0.2, 0.25) is 0 Å². The lowest BCUT2D eigenvalue weighted by atomic mass is 9.85. The average molecular weight is 538 g/mol. The van der Waals surface area contributed by atoms with Crippen molar-refractivity contribution in [2.45, 2.75) is 70.8 Å². The predicted molar refractivity (Wildman–Crippen MR) is 130 cm³/mol. The summed E-state index contributed by atoms with van der Waals surface area (Å²) in [5, 5.41) is 0.565. The molecule has 2 rings (SSSR count). The number of likely N-dealkylation sites (tertiary alicyclic amines) is 1. The summed E-state index contributed by atoms with van der Waals surface area (Å²) in [4.78, 5) is 14.2. The Balaban J connectivity index is 2.28. The molecular formula is C22H34BrClN2O4S. The first-order valence-electron chi connectivity index (χ1n) is 10.4. The zero-order valence-electron chi connectivity index (χ0n) is 19.4. The molecule has 0 saturated carbocycles. The van der Waals surface area contributed by atoms with Gasteiger partial charge in [-0.2, -0.15) is 0 Å². The third-order valence-electron chi connectivity index (χ3n) is 5.06. The summed E-state index contributed by atoms with van der Waals surface area (Å²) in [6, 6.07) is 3.46. The zero-order valence-corrected chi connectivity index (χ0v) is 22.5. The predicted octanol–water partition coefficient (Wildman–Crippen LogP) is 5.85. The van der Waals surface area contributed by atoms with E-state index in [9.17, 15) is 9.00 Å². The van der Waals surface area contributed by atoms with Crippen molar-refractivity contribution in [3.8, 4) is 5.75 Å². The smallest absolute Gasteiger partial charge is 0.410 e. The van der Waals surface area contributed by atoms with Crippen LogP contribution in [0.5, 0.6) is 5.75 Å². The van der Waals surface area contributed by atoms with Gasteiger partial charge in [-0.15, -0.1) is 0 Å². The van der Waals surface area contributed by atoms with Crippen molar-refractivity contribution in [2.75, 3.05) is 20.2 Å². The van der Waals surface area contributed by atoms with Gasteiger partial charge in [0.25, 0.3) is 0 Å². The minimum atomic E-state index is -1.29. The summed E-state index contributed by atoms with van der Waals surface area (Å²) in [5.74, 6) is 0.824. The maximum Gasteiger partial charge on any atom is 0.410 e. The molecule has 9 heteroatoms. The number of piperidine rings is 1. The van der Waals surface area contributed by atoms with Gasteiger partial charge in [0.15, 0.2) is 0 Å². The van der Waals surface area contributed by atoms with Crippen molar-refractivity contribution in [1.29, 1.82) is 0 Å². The first-order chi connectivity index (χ1) is 14.2. The van der Waals surface area contributed by atoms with Gasteiger partial charge >= 0.3 is 6.09 Å². The van der Waals surface area contributed by atoms with Gasteiger partial charge in [-0.25, -0.2) is 13.7 Å². The molecule has 0 bridgehead atoms. The van der Waals surface area contributed by atoms with E-state index in [2.05, 4.69) is 20.7 Å². The molecule has 1 aromatic carbocycles. The van der Waals surface area contributed by atoms with Gasteiger partial charge in [0, 0.05) is 23.1 Å². The van der Waals surface area contributed by atoms with E-state index in [0.717, 1.165) is 22.9 Å². The number of hydrogen-bond donors (Lipinski definition) is 1. The largest absolute Gasteiger partial charge is 0.496 e. The van der Waals surface area contributed by atoms with Crippen molar-refractivity contribution < 1.29 is 18.5 Å². The van der Waals surface area contributed by atoms with Crippen LogP contribution >= 0.6 is 27.5 Å². The SMILES string of the molecule is COc1cc(Br)c(Cl)cc1[C@H](N[S@@](=O)C(C)(C)C)C1CCN(C(=O)OC(C)(C)C)CC1. The highest BCUT2D eigenvalue weighted by atomic mass is 79.9. The van der Waals surface area contributed by atoms with E-state index in [1.807, 2.05) is 53.7 Å². The number of nitrogens with zero attached hydrogens (tertiary/aromatic N) is 1.